The second kappa shape index (κ2) is 5.51. The molecule has 18 heavy (non-hydrogen) atoms. The molecule has 3 radical (unpaired) electrons. The van der Waals surface area contributed by atoms with Crippen LogP contribution in [0.15, 0.2) is 60.7 Å². The fourth-order valence-electron chi connectivity index (χ4n) is 1.77. The molecule has 0 fully saturated rings. The molecule has 0 saturated carbocycles. The fraction of sp³-hybridized carbons (Fsp3) is 0.0714. The minimum absolute atomic E-state index is 0. The maximum Gasteiger partial charge on any atom is 0.345 e. The van der Waals surface area contributed by atoms with Gasteiger partial charge in [-0.2, -0.15) is 0 Å². The highest BCUT2D eigenvalue weighted by atomic mass is 16.4. The second-order valence-corrected chi connectivity index (χ2v) is 3.75. The lowest BCUT2D eigenvalue weighted by Gasteiger charge is -2.24. The minimum atomic E-state index is -2.00. The van der Waals surface area contributed by atoms with Crippen LogP contribution in [-0.2, 0) is 10.4 Å². The van der Waals surface area contributed by atoms with Crippen molar-refractivity contribution in [3.8, 4) is 0 Å². The van der Waals surface area contributed by atoms with E-state index in [2.05, 4.69) is 0 Å². The summed E-state index contributed by atoms with van der Waals surface area (Å²) in [5.41, 5.74) is -1.31. The van der Waals surface area contributed by atoms with Crippen molar-refractivity contribution in [3.05, 3.63) is 71.8 Å². The normalized spacial score (nSPS) is 10.5. The molecule has 89 valence electrons. The monoisotopic (exact) mass is 239 g/mol. The van der Waals surface area contributed by atoms with Crippen molar-refractivity contribution in [3.63, 3.8) is 0 Å². The SMILES string of the molecule is O=C(O)C(O)(c1ccccc1)c1ccccc1.[B]. The number of rotatable bonds is 3. The van der Waals surface area contributed by atoms with Gasteiger partial charge in [0, 0.05) is 8.41 Å². The first kappa shape index (κ1) is 14.0. The Morgan fingerprint density at radius 2 is 1.17 bits per heavy atom. The van der Waals surface area contributed by atoms with Crippen molar-refractivity contribution >= 4 is 14.4 Å². The molecule has 2 N–H and O–H groups in total. The summed E-state index contributed by atoms with van der Waals surface area (Å²) in [4.78, 5) is 11.4. The molecule has 0 heterocycles. The van der Waals surface area contributed by atoms with Gasteiger partial charge in [-0.05, 0) is 11.1 Å². The summed E-state index contributed by atoms with van der Waals surface area (Å²) in [5.74, 6) is -1.28. The lowest BCUT2D eigenvalue weighted by atomic mass is 9.86. The van der Waals surface area contributed by atoms with Gasteiger partial charge in [0.15, 0.2) is 0 Å². The molecular weight excluding hydrogens is 227 g/mol. The molecule has 0 saturated heterocycles. The predicted octanol–water partition coefficient (Wildman–Crippen LogP) is 1.63. The van der Waals surface area contributed by atoms with Gasteiger partial charge in [-0.25, -0.2) is 4.79 Å². The molecule has 3 nitrogen and oxygen atoms in total. The van der Waals surface area contributed by atoms with Gasteiger partial charge in [0.2, 0.25) is 5.60 Å². The Kier molecular flexibility index (Phi) is 4.29. The summed E-state index contributed by atoms with van der Waals surface area (Å²) in [7, 11) is 0. The Morgan fingerprint density at radius 1 is 0.833 bits per heavy atom. The van der Waals surface area contributed by atoms with E-state index in [-0.39, 0.29) is 8.41 Å². The predicted molar refractivity (Wildman–Crippen MR) is 69.3 cm³/mol. The first-order valence-electron chi connectivity index (χ1n) is 5.22. The highest BCUT2D eigenvalue weighted by Crippen LogP contribution is 2.29. The van der Waals surface area contributed by atoms with Crippen LogP contribution in [0, 0.1) is 0 Å². The first-order chi connectivity index (χ1) is 8.15. The molecule has 2 rings (SSSR count). The summed E-state index contributed by atoms with van der Waals surface area (Å²) in [5, 5.41) is 19.7. The molecule has 0 spiro atoms. The highest BCUT2D eigenvalue weighted by Gasteiger charge is 2.39. The standard InChI is InChI=1S/C14H12O3.B/c15-13(16)14(17,11-7-3-1-4-8-11)12-9-5-2-6-10-12;/h1-10,17H,(H,15,16);. The number of aliphatic carboxylic acids is 1. The van der Waals surface area contributed by atoms with E-state index in [1.165, 1.54) is 0 Å². The molecule has 2 aromatic rings. The summed E-state index contributed by atoms with van der Waals surface area (Å²) in [6, 6.07) is 16.7. The van der Waals surface area contributed by atoms with Gasteiger partial charge in [0.25, 0.3) is 0 Å². The summed E-state index contributed by atoms with van der Waals surface area (Å²) >= 11 is 0. The van der Waals surface area contributed by atoms with E-state index < -0.39 is 11.6 Å². The zero-order valence-corrected chi connectivity index (χ0v) is 9.65. The third-order valence-corrected chi connectivity index (χ3v) is 2.69. The minimum Gasteiger partial charge on any atom is -0.479 e. The maximum atomic E-state index is 11.4. The Bertz CT molecular complexity index is 472. The molecule has 0 aromatic heterocycles. The van der Waals surface area contributed by atoms with Crippen LogP contribution >= 0.6 is 0 Å². The van der Waals surface area contributed by atoms with Gasteiger partial charge in [-0.15, -0.1) is 0 Å². The summed E-state index contributed by atoms with van der Waals surface area (Å²) < 4.78 is 0. The topological polar surface area (TPSA) is 57.5 Å². The van der Waals surface area contributed by atoms with Gasteiger partial charge in [0.1, 0.15) is 0 Å². The van der Waals surface area contributed by atoms with E-state index in [0.717, 1.165) is 0 Å². The maximum absolute atomic E-state index is 11.4. The Morgan fingerprint density at radius 3 is 1.44 bits per heavy atom. The lowest BCUT2D eigenvalue weighted by Crippen LogP contribution is -2.36. The van der Waals surface area contributed by atoms with E-state index in [1.807, 2.05) is 0 Å². The molecule has 0 amide bonds. The van der Waals surface area contributed by atoms with Crippen molar-refractivity contribution in [1.82, 2.24) is 0 Å². The third-order valence-electron chi connectivity index (χ3n) is 2.69. The average molecular weight is 239 g/mol. The van der Waals surface area contributed by atoms with E-state index >= 15 is 0 Å². The van der Waals surface area contributed by atoms with Gasteiger partial charge >= 0.3 is 5.97 Å². The van der Waals surface area contributed by atoms with Crippen molar-refractivity contribution in [2.45, 2.75) is 5.60 Å². The van der Waals surface area contributed by atoms with Crippen LogP contribution in [0.3, 0.4) is 0 Å². The quantitative estimate of drug-likeness (QED) is 0.800. The smallest absolute Gasteiger partial charge is 0.345 e. The molecular formula is C14H12BO3. The average Bonchev–Trinajstić information content (AvgIpc) is 2.39. The van der Waals surface area contributed by atoms with Crippen molar-refractivity contribution in [1.29, 1.82) is 0 Å². The van der Waals surface area contributed by atoms with E-state index in [0.29, 0.717) is 11.1 Å². The molecule has 0 aliphatic rings. The van der Waals surface area contributed by atoms with Gasteiger partial charge in [-0.1, -0.05) is 60.7 Å². The fourth-order valence-corrected chi connectivity index (χ4v) is 1.77. The second-order valence-electron chi connectivity index (χ2n) is 3.75. The van der Waals surface area contributed by atoms with Crippen LogP contribution in [0.5, 0.6) is 0 Å². The largest absolute Gasteiger partial charge is 0.479 e. The van der Waals surface area contributed by atoms with Gasteiger partial charge in [-0.3, -0.25) is 0 Å². The van der Waals surface area contributed by atoms with Crippen LogP contribution < -0.4 is 0 Å². The van der Waals surface area contributed by atoms with E-state index in [4.69, 9.17) is 0 Å². The molecule has 0 aliphatic heterocycles. The number of carboxylic acid groups (broad SMARTS) is 1. The van der Waals surface area contributed by atoms with Crippen LogP contribution in [0.25, 0.3) is 0 Å². The zero-order chi connectivity index (χ0) is 12.3. The van der Waals surface area contributed by atoms with Crippen LogP contribution in [-0.4, -0.2) is 24.6 Å². The molecule has 0 atom stereocenters. The summed E-state index contributed by atoms with van der Waals surface area (Å²) in [6.07, 6.45) is 0. The third kappa shape index (κ3) is 2.29. The van der Waals surface area contributed by atoms with Crippen LogP contribution in [0.4, 0.5) is 0 Å². The Hall–Kier alpha value is -2.07. The van der Waals surface area contributed by atoms with E-state index in [9.17, 15) is 15.0 Å². The number of hydrogen-bond acceptors (Lipinski definition) is 2. The number of aliphatic hydroxyl groups is 1. The zero-order valence-electron chi connectivity index (χ0n) is 9.65. The Labute approximate surface area is 107 Å². The molecule has 0 bridgehead atoms. The number of carbonyl (C=O) groups is 1. The van der Waals surface area contributed by atoms with Gasteiger partial charge in [0.05, 0.1) is 0 Å². The van der Waals surface area contributed by atoms with Crippen LogP contribution in [0.2, 0.25) is 0 Å². The molecule has 2 aromatic carbocycles. The highest BCUT2D eigenvalue weighted by molar-refractivity contribution is 5.83. The Balaban J connectivity index is 0.00000162. The molecule has 0 unspecified atom stereocenters. The summed E-state index contributed by atoms with van der Waals surface area (Å²) in [6.45, 7) is 0. The molecule has 0 aliphatic carbocycles. The van der Waals surface area contributed by atoms with Crippen molar-refractivity contribution in [2.24, 2.45) is 0 Å². The van der Waals surface area contributed by atoms with E-state index in [1.54, 1.807) is 60.7 Å². The van der Waals surface area contributed by atoms with Crippen molar-refractivity contribution < 1.29 is 15.0 Å². The lowest BCUT2D eigenvalue weighted by molar-refractivity contribution is -0.155. The number of carboxylic acids is 1. The molecule has 4 heteroatoms. The number of hydrogen-bond donors (Lipinski definition) is 2. The van der Waals surface area contributed by atoms with Crippen LogP contribution in [0.1, 0.15) is 11.1 Å². The first-order valence-corrected chi connectivity index (χ1v) is 5.22. The number of benzene rings is 2. The van der Waals surface area contributed by atoms with Crippen molar-refractivity contribution in [2.75, 3.05) is 0 Å². The van der Waals surface area contributed by atoms with Gasteiger partial charge < -0.3 is 10.2 Å².